The molecule has 1 heterocycles. The number of hydrogen-bond donors (Lipinski definition) is 1. The van der Waals surface area contributed by atoms with Crippen LogP contribution in [0.3, 0.4) is 0 Å². The van der Waals surface area contributed by atoms with Gasteiger partial charge in [-0.1, -0.05) is 11.4 Å². The first-order valence-electron chi connectivity index (χ1n) is 4.38. The van der Waals surface area contributed by atoms with Crippen LogP contribution in [0.25, 0.3) is 0 Å². The summed E-state index contributed by atoms with van der Waals surface area (Å²) in [5.74, 6) is 0.538. The van der Waals surface area contributed by atoms with Crippen molar-refractivity contribution in [1.29, 1.82) is 0 Å². The zero-order chi connectivity index (χ0) is 10.4. The van der Waals surface area contributed by atoms with E-state index in [2.05, 4.69) is 22.7 Å². The Labute approximate surface area is 86.9 Å². The Hall–Kier alpha value is -1.11. The van der Waals surface area contributed by atoms with E-state index in [-0.39, 0.29) is 5.95 Å². The summed E-state index contributed by atoms with van der Waals surface area (Å²) in [6, 6.07) is 0. The Morgan fingerprint density at radius 1 is 1.50 bits per heavy atom. The third-order valence-electron chi connectivity index (χ3n) is 1.73. The van der Waals surface area contributed by atoms with E-state index in [4.69, 9.17) is 0 Å². The lowest BCUT2D eigenvalue weighted by Gasteiger charge is -1.95. The highest BCUT2D eigenvalue weighted by Gasteiger charge is 2.11. The van der Waals surface area contributed by atoms with Crippen molar-refractivity contribution in [3.05, 3.63) is 16.4 Å². The first-order chi connectivity index (χ1) is 6.74. The normalized spacial score (nSPS) is 10.4. The van der Waals surface area contributed by atoms with Crippen molar-refractivity contribution in [2.75, 3.05) is 5.75 Å². The smallest absolute Gasteiger partial charge is 0.390 e. The molecule has 1 aromatic heterocycles. The van der Waals surface area contributed by atoms with Gasteiger partial charge in [-0.15, -0.1) is 0 Å². The van der Waals surface area contributed by atoms with Gasteiger partial charge in [0.15, 0.2) is 0 Å². The van der Waals surface area contributed by atoms with Crippen LogP contribution in [0.2, 0.25) is 0 Å². The minimum atomic E-state index is -0.593. The molecule has 1 rings (SSSR count). The molecule has 0 unspecified atom stereocenters. The molecule has 0 aromatic carbocycles. The minimum absolute atomic E-state index is 0.334. The second-order valence-electron chi connectivity index (χ2n) is 2.85. The van der Waals surface area contributed by atoms with Crippen LogP contribution in [0.15, 0.2) is 6.33 Å². The number of thiol groups is 1. The van der Waals surface area contributed by atoms with Gasteiger partial charge in [-0.25, -0.2) is 0 Å². The van der Waals surface area contributed by atoms with E-state index in [1.165, 1.54) is 11.0 Å². The van der Waals surface area contributed by atoms with Gasteiger partial charge in [-0.2, -0.15) is 17.3 Å². The number of unbranched alkanes of at least 4 members (excludes halogenated alkanes) is 2. The second kappa shape index (κ2) is 5.58. The zero-order valence-electron chi connectivity index (χ0n) is 7.67. The molecule has 0 aliphatic rings. The highest BCUT2D eigenvalue weighted by molar-refractivity contribution is 7.80. The maximum atomic E-state index is 10.2. The summed E-state index contributed by atoms with van der Waals surface area (Å²) in [5.41, 5.74) is 0. The van der Waals surface area contributed by atoms with Crippen LogP contribution in [0.5, 0.6) is 0 Å². The van der Waals surface area contributed by atoms with Crippen LogP contribution < -0.4 is 0 Å². The topological polar surface area (TPSA) is 73.8 Å². The maximum Gasteiger partial charge on any atom is 0.490 e. The number of hydrogen-bond acceptors (Lipinski definition) is 5. The van der Waals surface area contributed by atoms with Crippen molar-refractivity contribution in [3.63, 3.8) is 0 Å². The van der Waals surface area contributed by atoms with Gasteiger partial charge in [0, 0.05) is 5.10 Å². The average molecular weight is 216 g/mol. The lowest BCUT2D eigenvalue weighted by atomic mass is 10.2. The summed E-state index contributed by atoms with van der Waals surface area (Å²) in [6.45, 7) is 0.675. The molecule has 6 nitrogen and oxygen atoms in total. The van der Waals surface area contributed by atoms with Crippen molar-refractivity contribution in [2.24, 2.45) is 0 Å². The lowest BCUT2D eigenvalue weighted by Crippen LogP contribution is -1.99. The molecule has 0 N–H and O–H groups in total. The summed E-state index contributed by atoms with van der Waals surface area (Å²) in [7, 11) is 0. The fraction of sp³-hybridized carbons (Fsp3) is 0.714. The van der Waals surface area contributed by atoms with E-state index in [1.54, 1.807) is 0 Å². The van der Waals surface area contributed by atoms with Crippen molar-refractivity contribution in [3.8, 4) is 0 Å². The van der Waals surface area contributed by atoms with Crippen LogP contribution in [-0.2, 0) is 6.54 Å². The van der Waals surface area contributed by atoms with Gasteiger partial charge < -0.3 is 10.1 Å². The van der Waals surface area contributed by atoms with Crippen molar-refractivity contribution in [1.82, 2.24) is 14.8 Å². The Balaban J connectivity index is 2.33. The number of aryl methyl sites for hydroxylation is 1. The van der Waals surface area contributed by atoms with Crippen molar-refractivity contribution >= 4 is 18.6 Å². The predicted molar refractivity (Wildman–Crippen MR) is 54.4 cm³/mol. The van der Waals surface area contributed by atoms with E-state index in [9.17, 15) is 10.1 Å². The first kappa shape index (κ1) is 11.0. The first-order valence-corrected chi connectivity index (χ1v) is 5.02. The zero-order valence-corrected chi connectivity index (χ0v) is 8.56. The molecule has 0 spiro atoms. The second-order valence-corrected chi connectivity index (χ2v) is 3.30. The van der Waals surface area contributed by atoms with Crippen LogP contribution in [-0.4, -0.2) is 25.4 Å². The Morgan fingerprint density at radius 2 is 2.29 bits per heavy atom. The summed E-state index contributed by atoms with van der Waals surface area (Å²) >= 11 is 4.09. The van der Waals surface area contributed by atoms with E-state index in [0.29, 0.717) is 6.54 Å². The molecule has 0 aliphatic carbocycles. The van der Waals surface area contributed by atoms with Gasteiger partial charge in [0.2, 0.25) is 6.33 Å². The predicted octanol–water partition coefficient (Wildman–Crippen LogP) is 1.29. The van der Waals surface area contributed by atoms with Crippen molar-refractivity contribution in [2.45, 2.75) is 25.8 Å². The Morgan fingerprint density at radius 3 is 2.86 bits per heavy atom. The minimum Gasteiger partial charge on any atom is -0.390 e. The van der Waals surface area contributed by atoms with Gasteiger partial charge in [0.25, 0.3) is 0 Å². The Bertz CT molecular complexity index is 302. The van der Waals surface area contributed by atoms with Gasteiger partial charge >= 0.3 is 5.95 Å². The fourth-order valence-corrected chi connectivity index (χ4v) is 1.26. The lowest BCUT2D eigenvalue weighted by molar-refractivity contribution is -0.394. The molecular formula is C7H12N4O2S. The molecule has 1 aromatic rings. The van der Waals surface area contributed by atoms with Crippen LogP contribution in [0, 0.1) is 10.1 Å². The average Bonchev–Trinajstić information content (AvgIpc) is 2.61. The monoisotopic (exact) mass is 216 g/mol. The highest BCUT2D eigenvalue weighted by Crippen LogP contribution is 2.03. The highest BCUT2D eigenvalue weighted by atomic mass is 32.1. The van der Waals surface area contributed by atoms with Crippen LogP contribution >= 0.6 is 12.6 Å². The third kappa shape index (κ3) is 3.33. The number of rotatable bonds is 6. The molecule has 78 valence electrons. The molecular weight excluding hydrogens is 204 g/mol. The Kier molecular flexibility index (Phi) is 4.37. The molecule has 0 bridgehead atoms. The molecule has 14 heavy (non-hydrogen) atoms. The number of nitrogens with zero attached hydrogens (tertiary/aromatic N) is 4. The summed E-state index contributed by atoms with van der Waals surface area (Å²) in [5, 5.41) is 13.9. The number of nitro groups is 1. The van der Waals surface area contributed by atoms with Crippen LogP contribution in [0.1, 0.15) is 19.3 Å². The van der Waals surface area contributed by atoms with E-state index in [1.807, 2.05) is 0 Å². The largest absolute Gasteiger partial charge is 0.490 e. The van der Waals surface area contributed by atoms with E-state index >= 15 is 0 Å². The van der Waals surface area contributed by atoms with Gasteiger partial charge in [-0.3, -0.25) is 0 Å². The van der Waals surface area contributed by atoms with E-state index < -0.39 is 4.92 Å². The van der Waals surface area contributed by atoms with Gasteiger partial charge in [0.1, 0.15) is 0 Å². The molecule has 0 saturated heterocycles. The maximum absolute atomic E-state index is 10.2. The molecule has 0 atom stereocenters. The summed E-state index contributed by atoms with van der Waals surface area (Å²) < 4.78 is 1.50. The van der Waals surface area contributed by atoms with E-state index in [0.717, 1.165) is 25.0 Å². The molecule has 0 amide bonds. The molecule has 0 aliphatic heterocycles. The fourth-order valence-electron chi connectivity index (χ4n) is 1.04. The van der Waals surface area contributed by atoms with Crippen LogP contribution in [0.4, 0.5) is 5.95 Å². The SMILES string of the molecule is O=[N+]([O-])c1ncn(CCCCCS)n1. The van der Waals surface area contributed by atoms with Crippen molar-refractivity contribution < 1.29 is 4.92 Å². The third-order valence-corrected chi connectivity index (χ3v) is 2.05. The summed E-state index contributed by atoms with van der Waals surface area (Å²) in [6.07, 6.45) is 4.44. The number of aromatic nitrogens is 3. The molecule has 0 saturated carbocycles. The van der Waals surface area contributed by atoms with Gasteiger partial charge in [0.05, 0.1) is 6.54 Å². The summed E-state index contributed by atoms with van der Waals surface area (Å²) in [4.78, 5) is 13.2. The molecule has 0 radical (unpaired) electrons. The molecule has 0 fully saturated rings. The molecule has 7 heteroatoms. The standard InChI is InChI=1S/C7H12N4O2S/c12-11(13)7-8-6-10(9-7)4-2-1-3-5-14/h6,14H,1-5H2. The quantitative estimate of drug-likeness (QED) is 0.336. The van der Waals surface area contributed by atoms with Gasteiger partial charge in [-0.05, 0) is 23.5 Å².